The van der Waals surface area contributed by atoms with E-state index >= 15 is 0 Å². The van der Waals surface area contributed by atoms with Crippen molar-refractivity contribution in [3.8, 4) is 0 Å². The third-order valence-electron chi connectivity index (χ3n) is 3.31. The number of nitrogens with zero attached hydrogens (tertiary/aromatic N) is 1. The summed E-state index contributed by atoms with van der Waals surface area (Å²) in [7, 11) is 0. The third kappa shape index (κ3) is 8.93. The minimum atomic E-state index is -5.19. The smallest absolute Gasteiger partial charge is 0.430 e. The summed E-state index contributed by atoms with van der Waals surface area (Å²) < 4.78 is 33.7. The predicted molar refractivity (Wildman–Crippen MR) is 92.6 cm³/mol. The number of carbonyl (C=O) groups is 2. The fourth-order valence-electron chi connectivity index (χ4n) is 2.27. The molecule has 0 aliphatic rings. The van der Waals surface area contributed by atoms with Crippen molar-refractivity contribution in [3.63, 3.8) is 0 Å². The first-order valence-corrected chi connectivity index (χ1v) is 8.08. The Kier molecular flexibility index (Phi) is 9.32. The number of hydrogen-bond acceptors (Lipinski definition) is 3. The van der Waals surface area contributed by atoms with E-state index in [2.05, 4.69) is 37.6 Å². The number of carboxylic acid groups (broad SMARTS) is 1. The van der Waals surface area contributed by atoms with Gasteiger partial charge in [-0.25, -0.2) is 0 Å². The van der Waals surface area contributed by atoms with E-state index in [1.165, 1.54) is 0 Å². The zero-order valence-corrected chi connectivity index (χ0v) is 15.6. The van der Waals surface area contributed by atoms with Gasteiger partial charge in [0, 0.05) is 5.56 Å². The summed E-state index contributed by atoms with van der Waals surface area (Å²) in [6.45, 7) is 8.96. The Balaban J connectivity index is 0.000000821. The molecule has 7 nitrogen and oxygen atoms in total. The van der Waals surface area contributed by atoms with Crippen LogP contribution in [0.1, 0.15) is 43.6 Å². The number of nitrogens with two attached hydrogens (primary N) is 2. The molecule has 0 aromatic heterocycles. The SMILES string of the molecule is CC(C)[N+](=C(N)NCc1cccc(C(N)=O)c1)C(C)C.O=C([O-])C(F)(F)F. The fraction of sp³-hybridized carbons (Fsp3) is 0.471. The first-order valence-electron chi connectivity index (χ1n) is 8.08. The molecule has 10 heteroatoms. The molecule has 1 amide bonds. The molecule has 1 aromatic rings. The first-order chi connectivity index (χ1) is 12.3. The van der Waals surface area contributed by atoms with Crippen LogP contribution >= 0.6 is 0 Å². The number of rotatable bonds is 5. The van der Waals surface area contributed by atoms with Crippen molar-refractivity contribution < 1.29 is 32.4 Å². The number of alkyl halides is 3. The summed E-state index contributed by atoms with van der Waals surface area (Å²) in [6, 6.07) is 7.86. The Bertz CT molecular complexity index is 676. The van der Waals surface area contributed by atoms with Gasteiger partial charge in [-0.2, -0.15) is 13.2 Å². The molecule has 0 spiro atoms. The van der Waals surface area contributed by atoms with Gasteiger partial charge in [-0.1, -0.05) is 12.1 Å². The quantitative estimate of drug-likeness (QED) is 0.379. The van der Waals surface area contributed by atoms with Crippen LogP contribution in [0, 0.1) is 0 Å². The van der Waals surface area contributed by atoms with Crippen molar-refractivity contribution >= 4 is 17.8 Å². The maximum absolute atomic E-state index is 11.1. The van der Waals surface area contributed by atoms with Crippen LogP contribution in [0.2, 0.25) is 0 Å². The minimum Gasteiger partial charge on any atom is -0.542 e. The molecule has 0 saturated carbocycles. The van der Waals surface area contributed by atoms with Gasteiger partial charge in [-0.05, 0) is 45.4 Å². The Labute approximate surface area is 155 Å². The number of benzene rings is 1. The summed E-state index contributed by atoms with van der Waals surface area (Å²) >= 11 is 0. The van der Waals surface area contributed by atoms with Gasteiger partial charge in [-0.3, -0.25) is 20.4 Å². The molecule has 0 radical (unpaired) electrons. The summed E-state index contributed by atoms with van der Waals surface area (Å²) in [5.74, 6) is -2.79. The van der Waals surface area contributed by atoms with Crippen molar-refractivity contribution in [1.82, 2.24) is 5.32 Å². The van der Waals surface area contributed by atoms with Crippen LogP contribution in [0.15, 0.2) is 24.3 Å². The summed E-state index contributed by atoms with van der Waals surface area (Å²) in [5, 5.41) is 12.0. The molecule has 0 aliphatic carbocycles. The average molecular weight is 390 g/mol. The van der Waals surface area contributed by atoms with Gasteiger partial charge in [0.05, 0.1) is 18.6 Å². The number of carboxylic acids is 1. The number of primary amides is 1. The van der Waals surface area contributed by atoms with Crippen LogP contribution in [0.4, 0.5) is 13.2 Å². The number of hydrogen-bond donors (Lipinski definition) is 3. The van der Waals surface area contributed by atoms with Crippen LogP contribution < -0.4 is 21.9 Å². The Morgan fingerprint density at radius 2 is 1.63 bits per heavy atom. The maximum Gasteiger partial charge on any atom is 0.430 e. The van der Waals surface area contributed by atoms with E-state index < -0.39 is 18.1 Å². The molecule has 0 heterocycles. The second-order valence-corrected chi connectivity index (χ2v) is 6.18. The highest BCUT2D eigenvalue weighted by atomic mass is 19.4. The normalized spacial score (nSPS) is 10.9. The van der Waals surface area contributed by atoms with E-state index in [9.17, 15) is 18.0 Å². The lowest BCUT2D eigenvalue weighted by Gasteiger charge is -2.18. The van der Waals surface area contributed by atoms with E-state index in [4.69, 9.17) is 21.4 Å². The van der Waals surface area contributed by atoms with Crippen molar-refractivity contribution in [3.05, 3.63) is 35.4 Å². The molecule has 0 atom stereocenters. The first kappa shape index (κ1) is 24.2. The van der Waals surface area contributed by atoms with Crippen LogP contribution in [0.25, 0.3) is 0 Å². The summed E-state index contributed by atoms with van der Waals surface area (Å²) in [6.07, 6.45) is -5.19. The molecule has 5 N–H and O–H groups in total. The molecule has 27 heavy (non-hydrogen) atoms. The van der Waals surface area contributed by atoms with Crippen LogP contribution in [-0.2, 0) is 11.3 Å². The number of halogens is 3. The molecule has 1 rings (SSSR count). The van der Waals surface area contributed by atoms with Crippen LogP contribution in [0.3, 0.4) is 0 Å². The van der Waals surface area contributed by atoms with Gasteiger partial charge in [-0.15, -0.1) is 0 Å². The topological polar surface area (TPSA) is 124 Å². The minimum absolute atomic E-state index is 0.319. The van der Waals surface area contributed by atoms with Crippen molar-refractivity contribution in [1.29, 1.82) is 0 Å². The van der Waals surface area contributed by atoms with E-state index in [-0.39, 0.29) is 0 Å². The fourth-order valence-corrected chi connectivity index (χ4v) is 2.27. The van der Waals surface area contributed by atoms with E-state index in [0.717, 1.165) is 5.56 Å². The molecular formula is C17H25F3N4O3. The number of amides is 1. The zero-order chi connectivity index (χ0) is 21.4. The van der Waals surface area contributed by atoms with Crippen molar-refractivity contribution in [2.75, 3.05) is 0 Å². The molecule has 0 bridgehead atoms. The Morgan fingerprint density at radius 1 is 1.15 bits per heavy atom. The largest absolute Gasteiger partial charge is 0.542 e. The lowest BCUT2D eigenvalue weighted by Crippen LogP contribution is -2.45. The molecule has 0 unspecified atom stereocenters. The van der Waals surface area contributed by atoms with Crippen molar-refractivity contribution in [2.24, 2.45) is 11.5 Å². The van der Waals surface area contributed by atoms with E-state index in [1.807, 2.05) is 12.1 Å². The lowest BCUT2D eigenvalue weighted by atomic mass is 10.1. The van der Waals surface area contributed by atoms with Gasteiger partial charge in [0.15, 0.2) is 0 Å². The zero-order valence-electron chi connectivity index (χ0n) is 15.6. The number of guanidine groups is 1. The summed E-state index contributed by atoms with van der Waals surface area (Å²) in [5.41, 5.74) is 12.9. The summed E-state index contributed by atoms with van der Waals surface area (Å²) in [4.78, 5) is 19.9. The number of aliphatic carboxylic acids is 1. The molecular weight excluding hydrogens is 365 g/mol. The van der Waals surface area contributed by atoms with Gasteiger partial charge < -0.3 is 15.6 Å². The monoisotopic (exact) mass is 390 g/mol. The van der Waals surface area contributed by atoms with Crippen LogP contribution in [0.5, 0.6) is 0 Å². The Morgan fingerprint density at radius 3 is 2.00 bits per heavy atom. The van der Waals surface area contributed by atoms with Gasteiger partial charge in [0.1, 0.15) is 5.97 Å². The number of nitrogens with one attached hydrogen (secondary N) is 1. The number of carbonyl (C=O) groups excluding carboxylic acids is 2. The maximum atomic E-state index is 11.1. The molecule has 1 aromatic carbocycles. The van der Waals surface area contributed by atoms with Gasteiger partial charge in [0.25, 0.3) is 0 Å². The third-order valence-corrected chi connectivity index (χ3v) is 3.31. The van der Waals surface area contributed by atoms with E-state index in [0.29, 0.717) is 30.2 Å². The van der Waals surface area contributed by atoms with Crippen molar-refractivity contribution in [2.45, 2.75) is 52.5 Å². The second-order valence-electron chi connectivity index (χ2n) is 6.18. The Hall–Kier alpha value is -2.78. The standard InChI is InChI=1S/C15H24N4O.C2HF3O2/c1-10(2)19(11(3)4)15(17)18-9-12-6-5-7-13(8-12)14(16)20;3-2(4,5)1(6)7/h5-8,10-11H,9H2,1-4H3,(H4,16,17,18,20);(H,6,7). The van der Waals surface area contributed by atoms with Gasteiger partial charge in [0.2, 0.25) is 5.91 Å². The second kappa shape index (κ2) is 10.4. The highest BCUT2D eigenvalue weighted by Gasteiger charge is 2.28. The predicted octanol–water partition coefficient (Wildman–Crippen LogP) is 0.318. The highest BCUT2D eigenvalue weighted by molar-refractivity contribution is 5.92. The van der Waals surface area contributed by atoms with Gasteiger partial charge >= 0.3 is 12.1 Å². The highest BCUT2D eigenvalue weighted by Crippen LogP contribution is 2.11. The average Bonchev–Trinajstić information content (AvgIpc) is 2.52. The molecule has 0 saturated heterocycles. The molecule has 0 aliphatic heterocycles. The van der Waals surface area contributed by atoms with E-state index in [1.54, 1.807) is 12.1 Å². The lowest BCUT2D eigenvalue weighted by molar-refractivity contribution is -0.590. The molecule has 0 fully saturated rings. The molecule has 152 valence electrons. The van der Waals surface area contributed by atoms with Crippen LogP contribution in [-0.4, -0.2) is 40.7 Å².